The van der Waals surface area contributed by atoms with Crippen LogP contribution in [0.4, 0.5) is 0 Å². The molecule has 23 heavy (non-hydrogen) atoms. The number of aldehydes is 1. The molecule has 110 valence electrons. The third-order valence-electron chi connectivity index (χ3n) is 3.99. The van der Waals surface area contributed by atoms with E-state index < -0.39 is 0 Å². The van der Waals surface area contributed by atoms with Gasteiger partial charge in [-0.3, -0.25) is 4.79 Å². The normalized spacial score (nSPS) is 11.0. The van der Waals surface area contributed by atoms with Crippen LogP contribution in [0.2, 0.25) is 0 Å². The Balaban J connectivity index is 2.08. The number of hydrogen-bond acceptors (Lipinski definition) is 3. The number of carbonyl (C=O) groups excluding carboxylic acids is 1. The molecule has 1 heterocycles. The first-order valence-corrected chi connectivity index (χ1v) is 7.27. The molecule has 0 amide bonds. The molecule has 4 rings (SSSR count). The molecule has 4 aromatic rings. The van der Waals surface area contributed by atoms with E-state index >= 15 is 0 Å². The fraction of sp³-hybridized carbons (Fsp3) is 0. The van der Waals surface area contributed by atoms with Crippen molar-refractivity contribution in [1.82, 2.24) is 0 Å². The first-order valence-electron chi connectivity index (χ1n) is 7.27. The Morgan fingerprint density at radius 1 is 0.826 bits per heavy atom. The Hall–Kier alpha value is -3.20. The topological polar surface area (TPSA) is 47.3 Å². The Morgan fingerprint density at radius 2 is 1.61 bits per heavy atom. The van der Waals surface area contributed by atoms with E-state index in [1.807, 2.05) is 48.5 Å². The van der Waals surface area contributed by atoms with Crippen molar-refractivity contribution in [2.24, 2.45) is 0 Å². The van der Waals surface area contributed by atoms with Crippen LogP contribution in [0.15, 0.2) is 75.9 Å². The quantitative estimate of drug-likeness (QED) is 0.313. The van der Waals surface area contributed by atoms with Gasteiger partial charge in [0, 0.05) is 22.4 Å². The lowest BCUT2D eigenvalue weighted by Crippen LogP contribution is -1.98. The predicted molar refractivity (Wildman–Crippen MR) is 90.8 cm³/mol. The van der Waals surface area contributed by atoms with Crippen molar-refractivity contribution in [3.63, 3.8) is 0 Å². The van der Waals surface area contributed by atoms with Gasteiger partial charge in [0.05, 0.1) is 0 Å². The zero-order chi connectivity index (χ0) is 15.8. The van der Waals surface area contributed by atoms with E-state index in [0.717, 1.165) is 33.6 Å². The number of benzene rings is 3. The maximum absolute atomic E-state index is 12.0. The minimum absolute atomic E-state index is 0.386. The molecule has 0 N–H and O–H groups in total. The Labute approximate surface area is 131 Å². The summed E-state index contributed by atoms with van der Waals surface area (Å²) < 4.78 is 5.47. The second-order valence-electron chi connectivity index (χ2n) is 5.38. The van der Waals surface area contributed by atoms with E-state index in [-0.39, 0.29) is 5.63 Å². The molecule has 0 saturated carbocycles. The smallest absolute Gasteiger partial charge is 0.336 e. The molecular formula is C20H12O3. The van der Waals surface area contributed by atoms with E-state index in [2.05, 4.69) is 0 Å². The molecular weight excluding hydrogens is 288 g/mol. The molecule has 3 aromatic carbocycles. The van der Waals surface area contributed by atoms with Crippen molar-refractivity contribution in [2.45, 2.75) is 0 Å². The fourth-order valence-corrected chi connectivity index (χ4v) is 2.87. The SMILES string of the molecule is O=Cc1ccc(-c2cc(=O)oc3c2ccc2ccccc23)cc1. The van der Waals surface area contributed by atoms with Crippen molar-refractivity contribution in [1.29, 1.82) is 0 Å². The van der Waals surface area contributed by atoms with Gasteiger partial charge in [0.25, 0.3) is 0 Å². The van der Waals surface area contributed by atoms with Gasteiger partial charge in [-0.25, -0.2) is 4.79 Å². The summed E-state index contributed by atoms with van der Waals surface area (Å²) in [6.07, 6.45) is 0.800. The molecule has 0 spiro atoms. The van der Waals surface area contributed by atoms with Gasteiger partial charge in [0.1, 0.15) is 11.9 Å². The van der Waals surface area contributed by atoms with E-state index in [1.54, 1.807) is 12.1 Å². The molecule has 0 saturated heterocycles. The zero-order valence-electron chi connectivity index (χ0n) is 12.2. The van der Waals surface area contributed by atoms with E-state index in [9.17, 15) is 9.59 Å². The minimum atomic E-state index is -0.386. The van der Waals surface area contributed by atoms with E-state index in [1.165, 1.54) is 6.07 Å². The maximum atomic E-state index is 12.0. The number of rotatable bonds is 2. The summed E-state index contributed by atoms with van der Waals surface area (Å²) in [5.41, 5.74) is 2.49. The maximum Gasteiger partial charge on any atom is 0.336 e. The van der Waals surface area contributed by atoms with E-state index in [4.69, 9.17) is 4.42 Å². The van der Waals surface area contributed by atoms with Crippen molar-refractivity contribution in [3.05, 3.63) is 82.7 Å². The highest BCUT2D eigenvalue weighted by molar-refractivity contribution is 6.08. The van der Waals surface area contributed by atoms with Gasteiger partial charge in [-0.2, -0.15) is 0 Å². The number of fused-ring (bicyclic) bond motifs is 3. The standard InChI is InChI=1S/C20H12O3/c21-12-13-5-7-15(8-6-13)18-11-19(22)23-20-16-4-2-1-3-14(16)9-10-17(18)20/h1-12H. The lowest BCUT2D eigenvalue weighted by Gasteiger charge is -2.08. The molecule has 0 aliphatic carbocycles. The van der Waals surface area contributed by atoms with Crippen molar-refractivity contribution in [3.8, 4) is 11.1 Å². The summed E-state index contributed by atoms with van der Waals surface area (Å²) in [6.45, 7) is 0. The van der Waals surface area contributed by atoms with Crippen molar-refractivity contribution < 1.29 is 9.21 Å². The van der Waals surface area contributed by atoms with Gasteiger partial charge in [-0.15, -0.1) is 0 Å². The predicted octanol–water partition coefficient (Wildman–Crippen LogP) is 4.43. The second-order valence-corrected chi connectivity index (χ2v) is 5.38. The van der Waals surface area contributed by atoms with Gasteiger partial charge in [0.2, 0.25) is 0 Å². The third kappa shape index (κ3) is 2.23. The lowest BCUT2D eigenvalue weighted by molar-refractivity contribution is 0.112. The Kier molecular flexibility index (Phi) is 3.05. The summed E-state index contributed by atoms with van der Waals surface area (Å²) >= 11 is 0. The third-order valence-corrected chi connectivity index (χ3v) is 3.99. The molecule has 0 unspecified atom stereocenters. The van der Waals surface area contributed by atoms with Crippen LogP contribution in [0.25, 0.3) is 32.9 Å². The molecule has 3 nitrogen and oxygen atoms in total. The summed E-state index contributed by atoms with van der Waals surface area (Å²) in [5, 5.41) is 2.81. The van der Waals surface area contributed by atoms with Crippen LogP contribution < -0.4 is 5.63 Å². The van der Waals surface area contributed by atoms with Crippen LogP contribution in [0.3, 0.4) is 0 Å². The van der Waals surface area contributed by atoms with Crippen LogP contribution in [-0.2, 0) is 0 Å². The summed E-state index contributed by atoms with van der Waals surface area (Å²) in [7, 11) is 0. The molecule has 0 bridgehead atoms. The number of carbonyl (C=O) groups is 1. The monoisotopic (exact) mass is 300 g/mol. The first-order chi connectivity index (χ1) is 11.3. The van der Waals surface area contributed by atoms with Crippen molar-refractivity contribution in [2.75, 3.05) is 0 Å². The Bertz CT molecular complexity index is 1090. The van der Waals surface area contributed by atoms with Crippen LogP contribution in [-0.4, -0.2) is 6.29 Å². The molecule has 0 fully saturated rings. The largest absolute Gasteiger partial charge is 0.422 e. The van der Waals surface area contributed by atoms with Crippen LogP contribution in [0.1, 0.15) is 10.4 Å². The minimum Gasteiger partial charge on any atom is -0.422 e. The highest BCUT2D eigenvalue weighted by Crippen LogP contribution is 2.31. The van der Waals surface area contributed by atoms with Crippen LogP contribution in [0.5, 0.6) is 0 Å². The molecule has 0 aliphatic heterocycles. The fourth-order valence-electron chi connectivity index (χ4n) is 2.87. The summed E-state index contributed by atoms with van der Waals surface area (Å²) in [6, 6.07) is 20.4. The van der Waals surface area contributed by atoms with Gasteiger partial charge in [-0.05, 0) is 22.6 Å². The highest BCUT2D eigenvalue weighted by atomic mass is 16.4. The average molecular weight is 300 g/mol. The van der Waals surface area contributed by atoms with Gasteiger partial charge < -0.3 is 4.42 Å². The summed E-state index contributed by atoms with van der Waals surface area (Å²) in [4.78, 5) is 22.8. The average Bonchev–Trinajstić information content (AvgIpc) is 2.61. The van der Waals surface area contributed by atoms with E-state index in [0.29, 0.717) is 11.1 Å². The van der Waals surface area contributed by atoms with Gasteiger partial charge in [0.15, 0.2) is 0 Å². The Morgan fingerprint density at radius 3 is 2.39 bits per heavy atom. The lowest BCUT2D eigenvalue weighted by atomic mass is 9.98. The highest BCUT2D eigenvalue weighted by Gasteiger charge is 2.10. The number of hydrogen-bond donors (Lipinski definition) is 0. The molecule has 0 atom stereocenters. The first kappa shape index (κ1) is 13.5. The van der Waals surface area contributed by atoms with Crippen LogP contribution in [0, 0.1) is 0 Å². The molecule has 0 radical (unpaired) electrons. The van der Waals surface area contributed by atoms with Crippen LogP contribution >= 0.6 is 0 Å². The van der Waals surface area contributed by atoms with Gasteiger partial charge >= 0.3 is 5.63 Å². The molecule has 0 aliphatic rings. The summed E-state index contributed by atoms with van der Waals surface area (Å²) in [5.74, 6) is 0. The second kappa shape index (κ2) is 5.21. The molecule has 3 heteroatoms. The van der Waals surface area contributed by atoms with Gasteiger partial charge in [-0.1, -0.05) is 54.6 Å². The zero-order valence-corrected chi connectivity index (χ0v) is 12.2. The van der Waals surface area contributed by atoms with Crippen molar-refractivity contribution >= 4 is 28.0 Å². The molecule has 1 aromatic heterocycles.